The number of carboxylic acid groups (broad SMARTS) is 1. The van der Waals surface area contributed by atoms with Crippen LogP contribution in [-0.2, 0) is 0 Å². The van der Waals surface area contributed by atoms with E-state index in [0.717, 1.165) is 5.39 Å². The van der Waals surface area contributed by atoms with Crippen LogP contribution in [0.15, 0.2) is 36.4 Å². The van der Waals surface area contributed by atoms with Crippen molar-refractivity contribution in [3.8, 4) is 0 Å². The van der Waals surface area contributed by atoms with E-state index in [1.807, 2.05) is 18.2 Å². The Morgan fingerprint density at radius 1 is 1.14 bits per heavy atom. The van der Waals surface area contributed by atoms with Gasteiger partial charge in [0, 0.05) is 5.39 Å². The number of aromatic nitrogens is 1. The van der Waals surface area contributed by atoms with Gasteiger partial charge in [0.25, 0.3) is 0 Å². The quantitative estimate of drug-likeness (QED) is 0.732. The molecule has 0 unspecified atom stereocenters. The number of pyridine rings is 1. The summed E-state index contributed by atoms with van der Waals surface area (Å²) in [5, 5.41) is 9.63. The van der Waals surface area contributed by atoms with E-state index in [0.29, 0.717) is 5.52 Å². The first kappa shape index (κ1) is 10.1. The second kappa shape index (κ2) is 3.85. The third kappa shape index (κ3) is 1.70. The van der Waals surface area contributed by atoms with Gasteiger partial charge in [0.1, 0.15) is 5.69 Å². The van der Waals surface area contributed by atoms with Gasteiger partial charge >= 0.3 is 5.97 Å². The molecule has 0 saturated carbocycles. The highest BCUT2D eigenvalue weighted by atomic mass is 16.4. The van der Waals surface area contributed by atoms with E-state index in [2.05, 4.69) is 4.98 Å². The van der Waals surface area contributed by atoms with Crippen LogP contribution >= 0.6 is 0 Å². The zero-order valence-corrected chi connectivity index (χ0v) is 7.27. The molecule has 1 aromatic heterocycles. The molecule has 4 nitrogen and oxygen atoms in total. The number of aromatic carboxylic acids is 1. The van der Waals surface area contributed by atoms with E-state index in [4.69, 9.17) is 5.11 Å². The lowest BCUT2D eigenvalue weighted by Crippen LogP contribution is -1.99. The van der Waals surface area contributed by atoms with Crippen molar-refractivity contribution in [2.45, 2.75) is 0 Å². The number of para-hydroxylation sites is 1. The Hall–Kier alpha value is -1.94. The van der Waals surface area contributed by atoms with Gasteiger partial charge in [-0.3, -0.25) is 0 Å². The topological polar surface area (TPSA) is 81.7 Å². The first-order valence-electron chi connectivity index (χ1n) is 3.86. The molecule has 14 heavy (non-hydrogen) atoms. The van der Waals surface area contributed by atoms with Crippen molar-refractivity contribution in [2.24, 2.45) is 0 Å². The minimum Gasteiger partial charge on any atom is -0.477 e. The number of nitrogens with zero attached hydrogens (tertiary/aromatic N) is 1. The zero-order chi connectivity index (χ0) is 9.26. The fourth-order valence-corrected chi connectivity index (χ4v) is 1.19. The van der Waals surface area contributed by atoms with Crippen molar-refractivity contribution in [1.29, 1.82) is 0 Å². The molecule has 0 fully saturated rings. The lowest BCUT2D eigenvalue weighted by Gasteiger charge is -1.97. The number of hydrogen-bond acceptors (Lipinski definition) is 2. The Balaban J connectivity index is 0.000000980. The smallest absolute Gasteiger partial charge is 0.354 e. The fourth-order valence-electron chi connectivity index (χ4n) is 1.19. The predicted molar refractivity (Wildman–Crippen MR) is 52.3 cm³/mol. The highest BCUT2D eigenvalue weighted by Crippen LogP contribution is 2.11. The number of fused-ring (bicyclic) bond motifs is 1. The molecule has 4 heteroatoms. The summed E-state index contributed by atoms with van der Waals surface area (Å²) in [6, 6.07) is 10.7. The number of benzene rings is 1. The summed E-state index contributed by atoms with van der Waals surface area (Å²) in [4.78, 5) is 14.6. The summed E-state index contributed by atoms with van der Waals surface area (Å²) < 4.78 is 0. The molecule has 0 aliphatic carbocycles. The van der Waals surface area contributed by atoms with Crippen molar-refractivity contribution in [2.75, 3.05) is 0 Å². The second-order valence-electron chi connectivity index (χ2n) is 2.69. The maximum absolute atomic E-state index is 10.6. The van der Waals surface area contributed by atoms with Crippen molar-refractivity contribution in [1.82, 2.24) is 4.98 Å². The highest BCUT2D eigenvalue weighted by molar-refractivity contribution is 5.89. The lowest BCUT2D eigenvalue weighted by atomic mass is 10.2. The second-order valence-corrected chi connectivity index (χ2v) is 2.69. The molecule has 1 heterocycles. The van der Waals surface area contributed by atoms with E-state index in [1.165, 1.54) is 6.07 Å². The van der Waals surface area contributed by atoms with Gasteiger partial charge < -0.3 is 10.6 Å². The maximum Gasteiger partial charge on any atom is 0.354 e. The molecular formula is C10H9NO3. The summed E-state index contributed by atoms with van der Waals surface area (Å²) in [6.45, 7) is 0. The number of rotatable bonds is 1. The van der Waals surface area contributed by atoms with Crippen LogP contribution in [0.4, 0.5) is 0 Å². The Morgan fingerprint density at radius 3 is 2.57 bits per heavy atom. The molecule has 0 radical (unpaired) electrons. The number of carbonyl (C=O) groups is 1. The van der Waals surface area contributed by atoms with Gasteiger partial charge in [-0.2, -0.15) is 0 Å². The van der Waals surface area contributed by atoms with Crippen LogP contribution in [0.25, 0.3) is 10.9 Å². The van der Waals surface area contributed by atoms with Crippen LogP contribution in [0.2, 0.25) is 0 Å². The van der Waals surface area contributed by atoms with Gasteiger partial charge in [0.05, 0.1) is 5.52 Å². The number of hydrogen-bond donors (Lipinski definition) is 1. The average Bonchev–Trinajstić information content (AvgIpc) is 2.17. The van der Waals surface area contributed by atoms with Crippen molar-refractivity contribution in [3.63, 3.8) is 0 Å². The molecule has 0 amide bonds. The van der Waals surface area contributed by atoms with Gasteiger partial charge in [-0.1, -0.05) is 24.3 Å². The standard InChI is InChI=1S/C10H7NO2.H2O/c12-10(13)9-6-5-7-3-1-2-4-8(7)11-9;/h1-6H,(H,12,13);1H2. The summed E-state index contributed by atoms with van der Waals surface area (Å²) in [6.07, 6.45) is 0. The van der Waals surface area contributed by atoms with Gasteiger partial charge in [-0.25, -0.2) is 9.78 Å². The zero-order valence-electron chi connectivity index (χ0n) is 7.27. The molecule has 0 spiro atoms. The minimum absolute atomic E-state index is 0. The average molecular weight is 191 g/mol. The van der Waals surface area contributed by atoms with E-state index < -0.39 is 5.97 Å². The van der Waals surface area contributed by atoms with E-state index >= 15 is 0 Å². The fraction of sp³-hybridized carbons (Fsp3) is 0. The monoisotopic (exact) mass is 191 g/mol. The third-order valence-corrected chi connectivity index (χ3v) is 1.82. The molecule has 0 bridgehead atoms. The molecule has 0 saturated heterocycles. The normalized spacial score (nSPS) is 9.43. The minimum atomic E-state index is -0.995. The Kier molecular flexibility index (Phi) is 2.79. The van der Waals surface area contributed by atoms with E-state index in [-0.39, 0.29) is 11.2 Å². The highest BCUT2D eigenvalue weighted by Gasteiger charge is 2.03. The molecular weight excluding hydrogens is 182 g/mol. The van der Waals surface area contributed by atoms with Crippen LogP contribution in [0, 0.1) is 0 Å². The van der Waals surface area contributed by atoms with Crippen LogP contribution < -0.4 is 0 Å². The third-order valence-electron chi connectivity index (χ3n) is 1.82. The lowest BCUT2D eigenvalue weighted by molar-refractivity contribution is 0.0691. The summed E-state index contributed by atoms with van der Waals surface area (Å²) >= 11 is 0. The summed E-state index contributed by atoms with van der Waals surface area (Å²) in [5.41, 5.74) is 0.793. The SMILES string of the molecule is O.O=C(O)c1ccc2ccccc2n1. The van der Waals surface area contributed by atoms with Gasteiger partial charge in [-0.05, 0) is 12.1 Å². The van der Waals surface area contributed by atoms with Crippen molar-refractivity contribution in [3.05, 3.63) is 42.1 Å². The van der Waals surface area contributed by atoms with E-state index in [9.17, 15) is 4.79 Å². The predicted octanol–water partition coefficient (Wildman–Crippen LogP) is 1.11. The van der Waals surface area contributed by atoms with Crippen LogP contribution in [0.1, 0.15) is 10.5 Å². The maximum atomic E-state index is 10.6. The first-order valence-corrected chi connectivity index (χ1v) is 3.86. The summed E-state index contributed by atoms with van der Waals surface area (Å²) in [7, 11) is 0. The molecule has 2 aromatic rings. The molecule has 3 N–H and O–H groups in total. The van der Waals surface area contributed by atoms with Gasteiger partial charge in [-0.15, -0.1) is 0 Å². The van der Waals surface area contributed by atoms with Crippen LogP contribution in [0.3, 0.4) is 0 Å². The van der Waals surface area contributed by atoms with Gasteiger partial charge in [0.15, 0.2) is 0 Å². The molecule has 0 atom stereocenters. The summed E-state index contributed by atoms with van der Waals surface area (Å²) in [5.74, 6) is -0.995. The first-order chi connectivity index (χ1) is 6.27. The molecule has 0 aliphatic rings. The Bertz CT molecular complexity index is 468. The largest absolute Gasteiger partial charge is 0.477 e. The molecule has 1 aromatic carbocycles. The molecule has 0 aliphatic heterocycles. The van der Waals surface area contributed by atoms with Gasteiger partial charge in [0.2, 0.25) is 0 Å². The Labute approximate surface area is 80.1 Å². The van der Waals surface area contributed by atoms with Crippen molar-refractivity contribution < 1.29 is 15.4 Å². The Morgan fingerprint density at radius 2 is 1.86 bits per heavy atom. The number of carboxylic acids is 1. The van der Waals surface area contributed by atoms with E-state index in [1.54, 1.807) is 12.1 Å². The van der Waals surface area contributed by atoms with Crippen molar-refractivity contribution >= 4 is 16.9 Å². The molecule has 2 rings (SSSR count). The van der Waals surface area contributed by atoms with Crippen LogP contribution in [-0.4, -0.2) is 21.5 Å². The van der Waals surface area contributed by atoms with Crippen LogP contribution in [0.5, 0.6) is 0 Å². The molecule has 72 valence electrons.